The zero-order chi connectivity index (χ0) is 24.0. The van der Waals surface area contributed by atoms with E-state index in [1.54, 1.807) is 0 Å². The minimum absolute atomic E-state index is 0.0203. The average Bonchev–Trinajstić information content (AvgIpc) is 3.26. The predicted molar refractivity (Wildman–Crippen MR) is 138 cm³/mol. The van der Waals surface area contributed by atoms with Crippen molar-refractivity contribution in [3.8, 4) is 0 Å². The molecule has 1 aliphatic rings. The van der Waals surface area contributed by atoms with E-state index in [1.807, 2.05) is 48.7 Å². The minimum Gasteiger partial charge on any atom is -0.289 e. The van der Waals surface area contributed by atoms with E-state index in [-0.39, 0.29) is 24.3 Å². The van der Waals surface area contributed by atoms with Gasteiger partial charge in [0, 0.05) is 12.6 Å². The van der Waals surface area contributed by atoms with Crippen LogP contribution >= 0.6 is 7.92 Å². The van der Waals surface area contributed by atoms with Gasteiger partial charge in [-0.15, -0.1) is 0 Å². The second kappa shape index (κ2) is 11.3. The molecule has 3 aromatic rings. The largest absolute Gasteiger partial charge is 0.389 e. The van der Waals surface area contributed by atoms with E-state index < -0.39 is 20.5 Å². The van der Waals surface area contributed by atoms with Crippen molar-refractivity contribution in [3.63, 3.8) is 0 Å². The molecule has 0 aromatic heterocycles. The topological polar surface area (TPSA) is 12.4 Å². The molecule has 4 atom stereocenters. The van der Waals surface area contributed by atoms with Crippen LogP contribution in [0.5, 0.6) is 0 Å². The molecular weight excluding hydrogens is 450 g/mol. The predicted octanol–water partition coefficient (Wildman–Crippen LogP) is 7.36. The Kier molecular flexibility index (Phi) is 8.21. The molecule has 34 heavy (non-hydrogen) atoms. The van der Waals surface area contributed by atoms with Gasteiger partial charge in [0.15, 0.2) is 0 Å². The van der Waals surface area contributed by atoms with Crippen molar-refractivity contribution < 1.29 is 13.2 Å². The van der Waals surface area contributed by atoms with Gasteiger partial charge in [-0.05, 0) is 67.8 Å². The van der Waals surface area contributed by atoms with Gasteiger partial charge in [-0.1, -0.05) is 91.0 Å². The number of nitrogens with zero attached hydrogens (tertiary/aromatic N) is 1. The first-order valence-corrected chi connectivity index (χ1v) is 13.4. The fraction of sp³-hybridized carbons (Fsp3) is 0.345. The number of hydrogen-bond acceptors (Lipinski definition) is 1. The first-order valence-electron chi connectivity index (χ1n) is 12.0. The highest BCUT2D eigenvalue weighted by molar-refractivity contribution is 7.73. The maximum atomic E-state index is 13.2. The van der Waals surface area contributed by atoms with Crippen LogP contribution in [-0.4, -0.2) is 24.1 Å². The number of benzene rings is 3. The Morgan fingerprint density at radius 2 is 1.38 bits per heavy atom. The molecule has 0 bridgehead atoms. The van der Waals surface area contributed by atoms with Gasteiger partial charge in [-0.25, -0.2) is 0 Å². The summed E-state index contributed by atoms with van der Waals surface area (Å²) in [6, 6.07) is 30.9. The lowest BCUT2D eigenvalue weighted by molar-refractivity contribution is -0.138. The van der Waals surface area contributed by atoms with Gasteiger partial charge in [0.2, 0.25) is 0 Å². The highest BCUT2D eigenvalue weighted by Gasteiger charge is 2.44. The summed E-state index contributed by atoms with van der Waals surface area (Å²) in [4.78, 5) is 4.90. The smallest absolute Gasteiger partial charge is 0.289 e. The first-order chi connectivity index (χ1) is 16.4. The SMILES string of the molecule is C[C@@H](N=Cc1ccccc1)[C@@H]1C(CCC(F)(F)F)CCC1P(c1ccccc1)c1ccccc1. The van der Waals surface area contributed by atoms with E-state index >= 15 is 0 Å². The van der Waals surface area contributed by atoms with E-state index in [0.29, 0.717) is 5.66 Å². The molecule has 0 N–H and O–H groups in total. The number of rotatable bonds is 8. The molecule has 0 heterocycles. The fourth-order valence-corrected chi connectivity index (χ4v) is 8.63. The molecule has 3 aromatic carbocycles. The molecule has 5 heteroatoms. The lowest BCUT2D eigenvalue weighted by atomic mass is 9.86. The van der Waals surface area contributed by atoms with Crippen molar-refractivity contribution >= 4 is 24.7 Å². The van der Waals surface area contributed by atoms with Crippen LogP contribution in [0.3, 0.4) is 0 Å². The van der Waals surface area contributed by atoms with Gasteiger partial charge in [0.05, 0.1) is 6.04 Å². The number of aliphatic imine (C=N–C) groups is 1. The third-order valence-electron chi connectivity index (χ3n) is 6.84. The summed E-state index contributed by atoms with van der Waals surface area (Å²) >= 11 is 0. The second-order valence-corrected chi connectivity index (χ2v) is 11.5. The fourth-order valence-electron chi connectivity index (χ4n) is 5.34. The van der Waals surface area contributed by atoms with E-state index in [2.05, 4.69) is 55.5 Å². The van der Waals surface area contributed by atoms with E-state index in [9.17, 15) is 13.2 Å². The van der Waals surface area contributed by atoms with Crippen LogP contribution < -0.4 is 10.6 Å². The van der Waals surface area contributed by atoms with Gasteiger partial charge in [0.25, 0.3) is 0 Å². The summed E-state index contributed by atoms with van der Waals surface area (Å²) in [6.45, 7) is 2.09. The third kappa shape index (κ3) is 6.36. The maximum Gasteiger partial charge on any atom is 0.389 e. The standard InChI is InChI=1S/C29H31F3NP/c1-22(33-21-23-11-5-2-6-12-23)28-24(19-20-29(30,31)32)17-18-27(28)34(25-13-7-3-8-14-25)26-15-9-4-10-16-26/h2-16,21-22,24,27-28H,17-20H2,1H3/t22-,24?,27?,28-/m1/s1. The molecule has 0 spiro atoms. The van der Waals surface area contributed by atoms with E-state index in [0.717, 1.165) is 18.4 Å². The minimum atomic E-state index is -4.12. The van der Waals surface area contributed by atoms with Gasteiger partial charge in [0.1, 0.15) is 0 Å². The summed E-state index contributed by atoms with van der Waals surface area (Å²) in [5, 5.41) is 2.57. The third-order valence-corrected chi connectivity index (χ3v) is 9.81. The zero-order valence-corrected chi connectivity index (χ0v) is 20.3. The Morgan fingerprint density at radius 3 is 1.91 bits per heavy atom. The van der Waals surface area contributed by atoms with Gasteiger partial charge in [-0.3, -0.25) is 4.99 Å². The zero-order valence-electron chi connectivity index (χ0n) is 19.4. The molecule has 0 radical (unpaired) electrons. The Hall–Kier alpha value is -2.45. The number of halogens is 3. The molecule has 4 rings (SSSR count). The molecular formula is C29H31F3NP. The van der Waals surface area contributed by atoms with Crippen LogP contribution in [0.2, 0.25) is 0 Å². The summed E-state index contributed by atoms with van der Waals surface area (Å²) < 4.78 is 39.5. The Morgan fingerprint density at radius 1 is 0.853 bits per heavy atom. The molecule has 0 amide bonds. The Balaban J connectivity index is 1.68. The Bertz CT molecular complexity index is 998. The summed E-state index contributed by atoms with van der Waals surface area (Å²) in [5.74, 6) is 0.126. The van der Waals surface area contributed by atoms with Crippen LogP contribution in [-0.2, 0) is 0 Å². The second-order valence-electron chi connectivity index (χ2n) is 9.11. The van der Waals surface area contributed by atoms with Crippen molar-refractivity contribution in [2.45, 2.75) is 50.5 Å². The van der Waals surface area contributed by atoms with Crippen LogP contribution in [0, 0.1) is 11.8 Å². The summed E-state index contributed by atoms with van der Waals surface area (Å²) in [5.41, 5.74) is 1.31. The van der Waals surface area contributed by atoms with Crippen molar-refractivity contribution in [2.24, 2.45) is 16.8 Å². The number of hydrogen-bond donors (Lipinski definition) is 0. The van der Waals surface area contributed by atoms with Gasteiger partial charge < -0.3 is 0 Å². The lowest BCUT2D eigenvalue weighted by Gasteiger charge is -2.35. The summed E-state index contributed by atoms with van der Waals surface area (Å²) in [7, 11) is -0.709. The van der Waals surface area contributed by atoms with Crippen molar-refractivity contribution in [2.75, 3.05) is 0 Å². The van der Waals surface area contributed by atoms with Crippen LogP contribution in [0.1, 0.15) is 38.2 Å². The maximum absolute atomic E-state index is 13.2. The molecule has 1 saturated carbocycles. The van der Waals surface area contributed by atoms with Crippen molar-refractivity contribution in [1.29, 1.82) is 0 Å². The molecule has 178 valence electrons. The number of alkyl halides is 3. The first kappa shape index (κ1) is 24.7. The van der Waals surface area contributed by atoms with E-state index in [4.69, 9.17) is 4.99 Å². The molecule has 0 saturated heterocycles. The van der Waals surface area contributed by atoms with Crippen molar-refractivity contribution in [1.82, 2.24) is 0 Å². The van der Waals surface area contributed by atoms with Crippen LogP contribution in [0.15, 0.2) is 96.0 Å². The van der Waals surface area contributed by atoms with Crippen molar-refractivity contribution in [3.05, 3.63) is 96.6 Å². The highest BCUT2D eigenvalue weighted by Crippen LogP contribution is 2.54. The van der Waals surface area contributed by atoms with Gasteiger partial charge in [-0.2, -0.15) is 13.2 Å². The van der Waals surface area contributed by atoms with Crippen LogP contribution in [0.4, 0.5) is 13.2 Å². The molecule has 1 nitrogen and oxygen atoms in total. The monoisotopic (exact) mass is 481 g/mol. The average molecular weight is 482 g/mol. The molecule has 1 aliphatic carbocycles. The molecule has 0 aliphatic heterocycles. The molecule has 1 fully saturated rings. The normalized spacial score (nSPS) is 21.9. The Labute approximate surface area is 201 Å². The molecule has 2 unspecified atom stereocenters. The lowest BCUT2D eigenvalue weighted by Crippen LogP contribution is -2.33. The quantitative estimate of drug-likeness (QED) is 0.235. The summed E-state index contributed by atoms with van der Waals surface area (Å²) in [6.07, 6.45) is -1.01. The highest BCUT2D eigenvalue weighted by atomic mass is 31.1. The van der Waals surface area contributed by atoms with Gasteiger partial charge >= 0.3 is 6.18 Å². The van der Waals surface area contributed by atoms with Crippen LogP contribution in [0.25, 0.3) is 0 Å². The van der Waals surface area contributed by atoms with E-state index in [1.165, 1.54) is 10.6 Å².